The molecule has 2 unspecified atom stereocenters. The van der Waals surface area contributed by atoms with Gasteiger partial charge in [-0.3, -0.25) is 4.79 Å². The first kappa shape index (κ1) is 18.6. The van der Waals surface area contributed by atoms with E-state index in [0.717, 1.165) is 30.0 Å². The second kappa shape index (κ2) is 8.36. The molecule has 5 heteroatoms. The second-order valence-corrected chi connectivity index (χ2v) is 6.36. The number of halogens is 1. The van der Waals surface area contributed by atoms with E-state index in [9.17, 15) is 4.79 Å². The largest absolute Gasteiger partial charge is 0.461 e. The Morgan fingerprint density at radius 2 is 2.00 bits per heavy atom. The molecule has 0 spiro atoms. The summed E-state index contributed by atoms with van der Waals surface area (Å²) in [4.78, 5) is 14.4. The summed E-state index contributed by atoms with van der Waals surface area (Å²) in [6.45, 7) is 3.56. The highest BCUT2D eigenvalue weighted by Crippen LogP contribution is 2.25. The van der Waals surface area contributed by atoms with Crippen molar-refractivity contribution in [1.29, 1.82) is 0 Å². The number of nitrogens with zero attached hydrogens (tertiary/aromatic N) is 1. The molecule has 3 rings (SSSR count). The summed E-state index contributed by atoms with van der Waals surface area (Å²) < 4.78 is 5.86. The number of carbonyl (C=O) groups is 1. The smallest absolute Gasteiger partial charge is 0.223 e. The van der Waals surface area contributed by atoms with Crippen LogP contribution in [-0.4, -0.2) is 29.9 Å². The SMILES string of the molecule is CC1CC(CN)CN1C(=O)CCc1ccc(-c2ccccc2)o1.Cl. The third-order valence-corrected chi connectivity index (χ3v) is 4.62. The van der Waals surface area contributed by atoms with Crippen molar-refractivity contribution in [2.24, 2.45) is 11.7 Å². The number of furan rings is 1. The van der Waals surface area contributed by atoms with Crippen LogP contribution in [0.1, 0.15) is 25.5 Å². The highest BCUT2D eigenvalue weighted by molar-refractivity contribution is 5.85. The Labute approximate surface area is 149 Å². The number of likely N-dealkylation sites (tertiary alicyclic amines) is 1. The van der Waals surface area contributed by atoms with Gasteiger partial charge in [-0.1, -0.05) is 30.3 Å². The summed E-state index contributed by atoms with van der Waals surface area (Å²) in [5.74, 6) is 2.36. The van der Waals surface area contributed by atoms with Crippen LogP contribution in [0, 0.1) is 5.92 Å². The molecule has 1 saturated heterocycles. The van der Waals surface area contributed by atoms with E-state index in [4.69, 9.17) is 10.2 Å². The lowest BCUT2D eigenvalue weighted by Crippen LogP contribution is -2.34. The van der Waals surface area contributed by atoms with Gasteiger partial charge in [-0.2, -0.15) is 0 Å². The molecular weight excluding hydrogens is 324 g/mol. The topological polar surface area (TPSA) is 59.5 Å². The van der Waals surface area contributed by atoms with Crippen molar-refractivity contribution < 1.29 is 9.21 Å². The average Bonchev–Trinajstić information content (AvgIpc) is 3.20. The molecule has 1 aliphatic heterocycles. The predicted molar refractivity (Wildman–Crippen MR) is 98.0 cm³/mol. The van der Waals surface area contributed by atoms with Crippen molar-refractivity contribution in [2.45, 2.75) is 32.2 Å². The summed E-state index contributed by atoms with van der Waals surface area (Å²) in [6, 6.07) is 14.2. The predicted octanol–water partition coefficient (Wildman–Crippen LogP) is 3.50. The Bertz CT molecular complexity index is 656. The Morgan fingerprint density at radius 3 is 2.67 bits per heavy atom. The van der Waals surface area contributed by atoms with Crippen molar-refractivity contribution in [3.8, 4) is 11.3 Å². The van der Waals surface area contributed by atoms with Crippen LogP contribution >= 0.6 is 12.4 Å². The maximum absolute atomic E-state index is 12.4. The van der Waals surface area contributed by atoms with Crippen molar-refractivity contribution in [3.63, 3.8) is 0 Å². The highest BCUT2D eigenvalue weighted by Gasteiger charge is 2.31. The van der Waals surface area contributed by atoms with Gasteiger partial charge in [-0.15, -0.1) is 12.4 Å². The number of aryl methyl sites for hydroxylation is 1. The Balaban J connectivity index is 0.00000208. The Hall–Kier alpha value is -1.78. The first-order chi connectivity index (χ1) is 11.2. The third-order valence-electron chi connectivity index (χ3n) is 4.62. The highest BCUT2D eigenvalue weighted by atomic mass is 35.5. The van der Waals surface area contributed by atoms with Gasteiger partial charge in [-0.05, 0) is 37.9 Å². The van der Waals surface area contributed by atoms with Gasteiger partial charge in [0, 0.05) is 31.0 Å². The number of rotatable bonds is 5. The first-order valence-corrected chi connectivity index (χ1v) is 8.31. The summed E-state index contributed by atoms with van der Waals surface area (Å²) in [5.41, 5.74) is 6.79. The van der Waals surface area contributed by atoms with E-state index in [0.29, 0.717) is 31.3 Å². The van der Waals surface area contributed by atoms with Crippen LogP contribution in [0.3, 0.4) is 0 Å². The normalized spacial score (nSPS) is 20.0. The number of carbonyl (C=O) groups excluding carboxylic acids is 1. The number of amides is 1. The van der Waals surface area contributed by atoms with Crippen LogP contribution in [0.25, 0.3) is 11.3 Å². The van der Waals surface area contributed by atoms with Gasteiger partial charge in [0.05, 0.1) is 0 Å². The number of nitrogens with two attached hydrogens (primary N) is 1. The fourth-order valence-corrected chi connectivity index (χ4v) is 3.30. The third kappa shape index (κ3) is 4.19. The summed E-state index contributed by atoms with van der Waals surface area (Å²) in [6.07, 6.45) is 2.15. The van der Waals surface area contributed by atoms with Crippen LogP contribution in [-0.2, 0) is 11.2 Å². The van der Waals surface area contributed by atoms with Crippen molar-refractivity contribution >= 4 is 18.3 Å². The van der Waals surface area contributed by atoms with Crippen molar-refractivity contribution in [1.82, 2.24) is 4.90 Å². The van der Waals surface area contributed by atoms with Crippen LogP contribution in [0.4, 0.5) is 0 Å². The fourth-order valence-electron chi connectivity index (χ4n) is 3.30. The molecule has 0 radical (unpaired) electrons. The zero-order chi connectivity index (χ0) is 16.2. The van der Waals surface area contributed by atoms with E-state index in [1.165, 1.54) is 0 Å². The molecule has 0 bridgehead atoms. The minimum Gasteiger partial charge on any atom is -0.461 e. The molecule has 1 aromatic carbocycles. The van der Waals surface area contributed by atoms with E-state index in [1.807, 2.05) is 47.4 Å². The molecule has 2 atom stereocenters. The second-order valence-electron chi connectivity index (χ2n) is 6.36. The molecule has 130 valence electrons. The van der Waals surface area contributed by atoms with E-state index in [2.05, 4.69) is 6.92 Å². The lowest BCUT2D eigenvalue weighted by atomic mass is 10.1. The molecule has 0 saturated carbocycles. The van der Waals surface area contributed by atoms with Gasteiger partial charge in [0.2, 0.25) is 5.91 Å². The lowest BCUT2D eigenvalue weighted by molar-refractivity contribution is -0.131. The zero-order valence-electron chi connectivity index (χ0n) is 14.0. The molecular formula is C19H25ClN2O2. The molecule has 1 amide bonds. The molecule has 1 aliphatic rings. The fraction of sp³-hybridized carbons (Fsp3) is 0.421. The monoisotopic (exact) mass is 348 g/mol. The number of hydrogen-bond acceptors (Lipinski definition) is 3. The van der Waals surface area contributed by atoms with Crippen molar-refractivity contribution in [2.75, 3.05) is 13.1 Å². The average molecular weight is 349 g/mol. The van der Waals surface area contributed by atoms with Gasteiger partial charge in [0.1, 0.15) is 11.5 Å². The quantitative estimate of drug-likeness (QED) is 0.899. The van der Waals surface area contributed by atoms with Gasteiger partial charge >= 0.3 is 0 Å². The van der Waals surface area contributed by atoms with E-state index < -0.39 is 0 Å². The van der Waals surface area contributed by atoms with Gasteiger partial charge < -0.3 is 15.1 Å². The summed E-state index contributed by atoms with van der Waals surface area (Å²) in [5, 5.41) is 0. The summed E-state index contributed by atoms with van der Waals surface area (Å²) in [7, 11) is 0. The molecule has 1 fully saturated rings. The number of hydrogen-bond donors (Lipinski definition) is 1. The molecule has 1 aromatic heterocycles. The minimum atomic E-state index is 0. The molecule has 2 aromatic rings. The minimum absolute atomic E-state index is 0. The molecule has 2 heterocycles. The molecule has 24 heavy (non-hydrogen) atoms. The molecule has 4 nitrogen and oxygen atoms in total. The van der Waals surface area contributed by atoms with Crippen molar-refractivity contribution in [3.05, 3.63) is 48.2 Å². The Kier molecular flexibility index (Phi) is 6.46. The first-order valence-electron chi connectivity index (χ1n) is 8.31. The zero-order valence-corrected chi connectivity index (χ0v) is 14.8. The van der Waals surface area contributed by atoms with Gasteiger partial charge in [0.25, 0.3) is 0 Å². The molecule has 2 N–H and O–H groups in total. The van der Waals surface area contributed by atoms with Crippen LogP contribution in [0.5, 0.6) is 0 Å². The van der Waals surface area contributed by atoms with Crippen LogP contribution < -0.4 is 5.73 Å². The van der Waals surface area contributed by atoms with E-state index >= 15 is 0 Å². The van der Waals surface area contributed by atoms with Gasteiger partial charge in [-0.25, -0.2) is 0 Å². The Morgan fingerprint density at radius 1 is 1.25 bits per heavy atom. The summed E-state index contributed by atoms with van der Waals surface area (Å²) >= 11 is 0. The molecule has 0 aliphatic carbocycles. The van der Waals surface area contributed by atoms with E-state index in [-0.39, 0.29) is 18.3 Å². The maximum Gasteiger partial charge on any atom is 0.223 e. The van der Waals surface area contributed by atoms with Crippen LogP contribution in [0.15, 0.2) is 46.9 Å². The van der Waals surface area contributed by atoms with E-state index in [1.54, 1.807) is 0 Å². The lowest BCUT2D eigenvalue weighted by Gasteiger charge is -2.21. The van der Waals surface area contributed by atoms with Crippen LogP contribution in [0.2, 0.25) is 0 Å². The standard InChI is InChI=1S/C19H24N2O2.ClH/c1-14-11-15(12-20)13-21(14)19(22)10-8-17-7-9-18(23-17)16-5-3-2-4-6-16;/h2-7,9,14-15H,8,10-13,20H2,1H3;1H. The number of benzene rings is 1. The maximum atomic E-state index is 12.4. The van der Waals surface area contributed by atoms with Gasteiger partial charge in [0.15, 0.2) is 0 Å².